The summed E-state index contributed by atoms with van der Waals surface area (Å²) in [6, 6.07) is 1.68. The largest absolute Gasteiger partial charge is 0.464 e. The summed E-state index contributed by atoms with van der Waals surface area (Å²) in [4.78, 5) is 27.6. The third kappa shape index (κ3) is 2.79. The maximum absolute atomic E-state index is 12.2. The summed E-state index contributed by atoms with van der Waals surface area (Å²) in [6.07, 6.45) is 0. The lowest BCUT2D eigenvalue weighted by Gasteiger charge is -2.44. The first-order valence-corrected chi connectivity index (χ1v) is 6.88. The Bertz CT molecular complexity index is 565. The number of furan rings is 1. The molecule has 2 heterocycles. The zero-order valence-electron chi connectivity index (χ0n) is 12.9. The number of piperazine rings is 1. The molecule has 116 valence electrons. The van der Waals surface area contributed by atoms with E-state index in [1.54, 1.807) is 17.9 Å². The van der Waals surface area contributed by atoms with Gasteiger partial charge in [-0.1, -0.05) is 0 Å². The lowest BCUT2D eigenvalue weighted by molar-refractivity contribution is -0.147. The van der Waals surface area contributed by atoms with Crippen molar-refractivity contribution >= 4 is 11.8 Å². The zero-order chi connectivity index (χ0) is 15.8. The first kappa shape index (κ1) is 15.5. The Hall–Kier alpha value is -1.86. The standard InChI is InChI=1S/C14H22N4O3/c1-9-11(12(19)16-15)7-10(21-9)8-18-6-5-17(4)13(20)14(18,2)3/h7H,5-6,8,15H2,1-4H3,(H,16,19). The second-order valence-corrected chi connectivity index (χ2v) is 5.86. The van der Waals surface area contributed by atoms with Gasteiger partial charge in [0, 0.05) is 20.1 Å². The molecule has 21 heavy (non-hydrogen) atoms. The molecule has 2 amide bonds. The SMILES string of the molecule is Cc1oc(CN2CCN(C)C(=O)C2(C)C)cc1C(=O)NN. The summed E-state index contributed by atoms with van der Waals surface area (Å²) in [5, 5.41) is 0. The number of aryl methyl sites for hydroxylation is 1. The number of carbonyl (C=O) groups excluding carboxylic acids is 2. The van der Waals surface area contributed by atoms with Crippen LogP contribution >= 0.6 is 0 Å². The molecule has 0 radical (unpaired) electrons. The van der Waals surface area contributed by atoms with Gasteiger partial charge in [-0.3, -0.25) is 19.9 Å². The highest BCUT2D eigenvalue weighted by Gasteiger charge is 2.40. The molecule has 1 fully saturated rings. The van der Waals surface area contributed by atoms with Crippen molar-refractivity contribution in [3.63, 3.8) is 0 Å². The van der Waals surface area contributed by atoms with Gasteiger partial charge >= 0.3 is 0 Å². The van der Waals surface area contributed by atoms with Gasteiger partial charge in [0.2, 0.25) is 5.91 Å². The van der Waals surface area contributed by atoms with E-state index in [4.69, 9.17) is 10.3 Å². The van der Waals surface area contributed by atoms with Crippen molar-refractivity contribution in [2.24, 2.45) is 5.84 Å². The van der Waals surface area contributed by atoms with E-state index in [9.17, 15) is 9.59 Å². The first-order valence-electron chi connectivity index (χ1n) is 6.88. The number of nitrogen functional groups attached to an aromatic ring is 1. The number of hydrazine groups is 1. The fourth-order valence-electron chi connectivity index (χ4n) is 2.64. The Kier molecular flexibility index (Phi) is 4.06. The molecular formula is C14H22N4O3. The van der Waals surface area contributed by atoms with Crippen LogP contribution in [0.5, 0.6) is 0 Å². The first-order chi connectivity index (χ1) is 9.77. The van der Waals surface area contributed by atoms with Crippen LogP contribution in [0.15, 0.2) is 10.5 Å². The predicted octanol–water partition coefficient (Wildman–Crippen LogP) is 0.244. The second-order valence-electron chi connectivity index (χ2n) is 5.86. The smallest absolute Gasteiger partial charge is 0.268 e. The molecule has 1 aliphatic rings. The monoisotopic (exact) mass is 294 g/mol. The number of amides is 2. The van der Waals surface area contributed by atoms with Crippen molar-refractivity contribution < 1.29 is 14.0 Å². The summed E-state index contributed by atoms with van der Waals surface area (Å²) in [5.74, 6) is 6.01. The third-order valence-corrected chi connectivity index (χ3v) is 4.06. The average Bonchev–Trinajstić information content (AvgIpc) is 2.80. The van der Waals surface area contributed by atoms with Crippen LogP contribution in [0.4, 0.5) is 0 Å². The van der Waals surface area contributed by atoms with Gasteiger partial charge < -0.3 is 9.32 Å². The van der Waals surface area contributed by atoms with Crippen molar-refractivity contribution in [2.45, 2.75) is 32.9 Å². The van der Waals surface area contributed by atoms with Gasteiger partial charge in [0.05, 0.1) is 17.6 Å². The Labute approximate surface area is 124 Å². The number of carbonyl (C=O) groups is 2. The minimum atomic E-state index is -0.593. The predicted molar refractivity (Wildman–Crippen MR) is 77.2 cm³/mol. The number of hydrogen-bond donors (Lipinski definition) is 2. The molecular weight excluding hydrogens is 272 g/mol. The highest BCUT2D eigenvalue weighted by Crippen LogP contribution is 2.25. The summed E-state index contributed by atoms with van der Waals surface area (Å²) in [6.45, 7) is 7.42. The summed E-state index contributed by atoms with van der Waals surface area (Å²) in [5.41, 5.74) is 1.92. The molecule has 0 unspecified atom stereocenters. The fourth-order valence-corrected chi connectivity index (χ4v) is 2.64. The van der Waals surface area contributed by atoms with Gasteiger partial charge in [-0.15, -0.1) is 0 Å². The van der Waals surface area contributed by atoms with Gasteiger partial charge in [0.1, 0.15) is 11.5 Å². The van der Waals surface area contributed by atoms with Crippen LogP contribution in [0.1, 0.15) is 35.7 Å². The van der Waals surface area contributed by atoms with Crippen LogP contribution in [0.3, 0.4) is 0 Å². The van der Waals surface area contributed by atoms with E-state index in [1.165, 1.54) is 0 Å². The van der Waals surface area contributed by atoms with E-state index >= 15 is 0 Å². The number of nitrogens with one attached hydrogen (secondary N) is 1. The lowest BCUT2D eigenvalue weighted by atomic mass is 9.97. The topological polar surface area (TPSA) is 91.8 Å². The number of rotatable bonds is 3. The van der Waals surface area contributed by atoms with E-state index in [1.807, 2.05) is 20.9 Å². The van der Waals surface area contributed by atoms with Crippen LogP contribution in [-0.2, 0) is 11.3 Å². The number of hydrogen-bond acceptors (Lipinski definition) is 5. The van der Waals surface area contributed by atoms with Crippen molar-refractivity contribution in [2.75, 3.05) is 20.1 Å². The molecule has 1 aromatic rings. The van der Waals surface area contributed by atoms with Gasteiger partial charge in [-0.2, -0.15) is 0 Å². The lowest BCUT2D eigenvalue weighted by Crippen LogP contribution is -2.61. The Morgan fingerprint density at radius 3 is 2.76 bits per heavy atom. The van der Waals surface area contributed by atoms with Crippen molar-refractivity contribution in [3.8, 4) is 0 Å². The molecule has 0 bridgehead atoms. The van der Waals surface area contributed by atoms with Crippen LogP contribution in [0.25, 0.3) is 0 Å². The summed E-state index contributed by atoms with van der Waals surface area (Å²) < 4.78 is 5.61. The minimum Gasteiger partial charge on any atom is -0.464 e. The van der Waals surface area contributed by atoms with E-state index in [0.717, 1.165) is 6.54 Å². The Balaban J connectivity index is 2.18. The number of likely N-dealkylation sites (N-methyl/N-ethyl adjacent to an activating group) is 1. The maximum atomic E-state index is 12.2. The number of nitrogens with two attached hydrogens (primary N) is 1. The third-order valence-electron chi connectivity index (χ3n) is 4.06. The van der Waals surface area contributed by atoms with E-state index in [0.29, 0.717) is 30.2 Å². The van der Waals surface area contributed by atoms with Gasteiger partial charge in [-0.05, 0) is 26.8 Å². The zero-order valence-corrected chi connectivity index (χ0v) is 12.9. The minimum absolute atomic E-state index is 0.0805. The van der Waals surface area contributed by atoms with Gasteiger partial charge in [-0.25, -0.2) is 5.84 Å². The maximum Gasteiger partial charge on any atom is 0.268 e. The summed E-state index contributed by atoms with van der Waals surface area (Å²) >= 11 is 0. The van der Waals surface area contributed by atoms with Crippen LogP contribution < -0.4 is 11.3 Å². The quantitative estimate of drug-likeness (QED) is 0.473. The van der Waals surface area contributed by atoms with Crippen LogP contribution in [0.2, 0.25) is 0 Å². The number of nitrogens with zero attached hydrogens (tertiary/aromatic N) is 2. The molecule has 1 aromatic heterocycles. The molecule has 0 aromatic carbocycles. The van der Waals surface area contributed by atoms with E-state index in [2.05, 4.69) is 10.3 Å². The average molecular weight is 294 g/mol. The van der Waals surface area contributed by atoms with Gasteiger partial charge in [0.25, 0.3) is 5.91 Å². The van der Waals surface area contributed by atoms with Gasteiger partial charge in [0.15, 0.2) is 0 Å². The second kappa shape index (κ2) is 5.50. The fraction of sp³-hybridized carbons (Fsp3) is 0.571. The van der Waals surface area contributed by atoms with Crippen molar-refractivity contribution in [1.29, 1.82) is 0 Å². The molecule has 1 saturated heterocycles. The molecule has 1 aliphatic heterocycles. The molecule has 0 atom stereocenters. The molecule has 0 aliphatic carbocycles. The van der Waals surface area contributed by atoms with Crippen LogP contribution in [-0.4, -0.2) is 47.3 Å². The molecule has 7 nitrogen and oxygen atoms in total. The highest BCUT2D eigenvalue weighted by atomic mass is 16.3. The molecule has 0 spiro atoms. The normalized spacial score (nSPS) is 18.9. The highest BCUT2D eigenvalue weighted by molar-refractivity contribution is 5.94. The van der Waals surface area contributed by atoms with Crippen molar-refractivity contribution in [1.82, 2.24) is 15.2 Å². The molecule has 3 N–H and O–H groups in total. The van der Waals surface area contributed by atoms with E-state index in [-0.39, 0.29) is 11.8 Å². The van der Waals surface area contributed by atoms with E-state index < -0.39 is 5.54 Å². The Morgan fingerprint density at radius 2 is 2.14 bits per heavy atom. The summed E-state index contributed by atoms with van der Waals surface area (Å²) in [7, 11) is 1.81. The molecule has 7 heteroatoms. The molecule has 2 rings (SSSR count). The Morgan fingerprint density at radius 1 is 1.48 bits per heavy atom. The van der Waals surface area contributed by atoms with Crippen molar-refractivity contribution in [3.05, 3.63) is 23.2 Å². The van der Waals surface area contributed by atoms with Crippen LogP contribution in [0, 0.1) is 6.92 Å². The molecule has 0 saturated carbocycles.